The Balaban J connectivity index is 2.17. The summed E-state index contributed by atoms with van der Waals surface area (Å²) in [5, 5.41) is 0. The fourth-order valence-corrected chi connectivity index (χ4v) is 1.44. The van der Waals surface area contributed by atoms with Gasteiger partial charge in [0.1, 0.15) is 5.75 Å². The second kappa shape index (κ2) is 5.17. The van der Waals surface area contributed by atoms with Crippen LogP contribution in [0.1, 0.15) is 11.1 Å². The Morgan fingerprint density at radius 3 is 2.62 bits per heavy atom. The van der Waals surface area contributed by atoms with E-state index in [0.717, 1.165) is 11.3 Å². The van der Waals surface area contributed by atoms with Crippen LogP contribution in [0.5, 0.6) is 5.75 Å². The fourth-order valence-electron chi connectivity index (χ4n) is 1.44. The first kappa shape index (κ1) is 10.5. The van der Waals surface area contributed by atoms with Crippen molar-refractivity contribution < 1.29 is 4.74 Å². The fraction of sp³-hybridized carbons (Fsp3) is 0.0667. The normalized spacial score (nSPS) is 10.6. The van der Waals surface area contributed by atoms with Gasteiger partial charge in [0.25, 0.3) is 0 Å². The van der Waals surface area contributed by atoms with Crippen LogP contribution in [0.4, 0.5) is 0 Å². The van der Waals surface area contributed by atoms with Crippen LogP contribution in [0, 0.1) is 6.07 Å². The quantitative estimate of drug-likeness (QED) is 0.701. The molecule has 1 heteroatoms. The third-order valence-corrected chi connectivity index (χ3v) is 2.29. The molecule has 16 heavy (non-hydrogen) atoms. The number of hydrogen-bond acceptors (Lipinski definition) is 1. The van der Waals surface area contributed by atoms with Crippen molar-refractivity contribution in [2.24, 2.45) is 0 Å². The highest BCUT2D eigenvalue weighted by atomic mass is 16.5. The first-order chi connectivity index (χ1) is 7.88. The van der Waals surface area contributed by atoms with Gasteiger partial charge in [0.05, 0.1) is 7.11 Å². The molecule has 2 rings (SSSR count). The average molecular weight is 209 g/mol. The van der Waals surface area contributed by atoms with E-state index < -0.39 is 0 Å². The Morgan fingerprint density at radius 2 is 1.88 bits per heavy atom. The lowest BCUT2D eigenvalue weighted by molar-refractivity contribution is 0.414. The minimum Gasteiger partial charge on any atom is -0.497 e. The lowest BCUT2D eigenvalue weighted by Gasteiger charge is -1.99. The topological polar surface area (TPSA) is 9.23 Å². The summed E-state index contributed by atoms with van der Waals surface area (Å²) in [6, 6.07) is 19.0. The Morgan fingerprint density at radius 1 is 1.06 bits per heavy atom. The number of hydrogen-bond donors (Lipinski definition) is 0. The van der Waals surface area contributed by atoms with Crippen molar-refractivity contribution in [2.75, 3.05) is 7.11 Å². The molecule has 0 fully saturated rings. The summed E-state index contributed by atoms with van der Waals surface area (Å²) in [5.74, 6) is 0.853. The largest absolute Gasteiger partial charge is 0.497 e. The molecule has 1 radical (unpaired) electrons. The van der Waals surface area contributed by atoms with Gasteiger partial charge in [0.15, 0.2) is 0 Å². The molecule has 0 bridgehead atoms. The van der Waals surface area contributed by atoms with E-state index in [1.165, 1.54) is 5.56 Å². The molecule has 0 aromatic heterocycles. The van der Waals surface area contributed by atoms with Crippen LogP contribution in [0.15, 0.2) is 48.5 Å². The number of rotatable bonds is 3. The minimum absolute atomic E-state index is 0.853. The van der Waals surface area contributed by atoms with Crippen molar-refractivity contribution in [3.63, 3.8) is 0 Å². The van der Waals surface area contributed by atoms with E-state index in [1.54, 1.807) is 7.11 Å². The molecule has 0 amide bonds. The smallest absolute Gasteiger partial charge is 0.119 e. The maximum Gasteiger partial charge on any atom is 0.119 e. The molecule has 0 saturated heterocycles. The van der Waals surface area contributed by atoms with Crippen LogP contribution >= 0.6 is 0 Å². The van der Waals surface area contributed by atoms with Gasteiger partial charge in [0, 0.05) is 0 Å². The molecule has 0 unspecified atom stereocenters. The van der Waals surface area contributed by atoms with Gasteiger partial charge in [-0.05, 0) is 29.3 Å². The second-order valence-corrected chi connectivity index (χ2v) is 3.43. The molecule has 0 saturated carbocycles. The zero-order chi connectivity index (χ0) is 11.2. The van der Waals surface area contributed by atoms with E-state index in [2.05, 4.69) is 24.3 Å². The molecular formula is C15H13O. The van der Waals surface area contributed by atoms with Crippen LogP contribution in [-0.4, -0.2) is 7.11 Å². The van der Waals surface area contributed by atoms with Crippen LogP contribution < -0.4 is 4.74 Å². The summed E-state index contributed by atoms with van der Waals surface area (Å²) in [5.41, 5.74) is 2.20. The van der Waals surface area contributed by atoms with Gasteiger partial charge in [-0.15, -0.1) is 0 Å². The Kier molecular flexibility index (Phi) is 3.39. The van der Waals surface area contributed by atoms with Gasteiger partial charge >= 0.3 is 0 Å². The van der Waals surface area contributed by atoms with Crippen LogP contribution in [0.3, 0.4) is 0 Å². The first-order valence-electron chi connectivity index (χ1n) is 5.17. The van der Waals surface area contributed by atoms with Gasteiger partial charge in [-0.25, -0.2) is 0 Å². The van der Waals surface area contributed by atoms with E-state index >= 15 is 0 Å². The zero-order valence-electron chi connectivity index (χ0n) is 9.18. The molecule has 0 N–H and O–H groups in total. The Bertz CT molecular complexity index is 472. The SMILES string of the molecule is COc1cc[c]c(C=Cc2ccccc2)c1. The van der Waals surface area contributed by atoms with E-state index in [-0.39, 0.29) is 0 Å². The molecule has 2 aromatic rings. The molecule has 2 aromatic carbocycles. The number of methoxy groups -OCH3 is 1. The van der Waals surface area contributed by atoms with Gasteiger partial charge in [0.2, 0.25) is 0 Å². The molecule has 0 aliphatic heterocycles. The summed E-state index contributed by atoms with van der Waals surface area (Å²) in [4.78, 5) is 0. The summed E-state index contributed by atoms with van der Waals surface area (Å²) in [6.45, 7) is 0. The van der Waals surface area contributed by atoms with Gasteiger partial charge < -0.3 is 4.74 Å². The molecule has 0 atom stereocenters. The molecule has 1 nitrogen and oxygen atoms in total. The van der Waals surface area contributed by atoms with E-state index in [9.17, 15) is 0 Å². The molecule has 0 heterocycles. The lowest BCUT2D eigenvalue weighted by atomic mass is 10.1. The third kappa shape index (κ3) is 2.74. The average Bonchev–Trinajstić information content (AvgIpc) is 2.38. The maximum absolute atomic E-state index is 5.15. The van der Waals surface area contributed by atoms with Crippen molar-refractivity contribution in [2.45, 2.75) is 0 Å². The molecule has 0 spiro atoms. The highest BCUT2D eigenvalue weighted by molar-refractivity contribution is 5.69. The van der Waals surface area contributed by atoms with E-state index in [4.69, 9.17) is 4.74 Å². The molecule has 0 aliphatic carbocycles. The van der Waals surface area contributed by atoms with Crippen molar-refractivity contribution >= 4 is 12.2 Å². The Labute approximate surface area is 96.0 Å². The monoisotopic (exact) mass is 209 g/mol. The van der Waals surface area contributed by atoms with Gasteiger partial charge in [-0.3, -0.25) is 0 Å². The van der Waals surface area contributed by atoms with Crippen LogP contribution in [0.2, 0.25) is 0 Å². The zero-order valence-corrected chi connectivity index (χ0v) is 9.18. The molecule has 79 valence electrons. The summed E-state index contributed by atoms with van der Waals surface area (Å²) >= 11 is 0. The van der Waals surface area contributed by atoms with Crippen molar-refractivity contribution in [3.8, 4) is 5.75 Å². The number of benzene rings is 2. The maximum atomic E-state index is 5.15. The van der Waals surface area contributed by atoms with Gasteiger partial charge in [-0.2, -0.15) is 0 Å². The van der Waals surface area contributed by atoms with E-state index in [0.29, 0.717) is 0 Å². The summed E-state index contributed by atoms with van der Waals surface area (Å²) in [6.07, 6.45) is 4.09. The lowest BCUT2D eigenvalue weighted by Crippen LogP contribution is -1.82. The number of ether oxygens (including phenoxy) is 1. The van der Waals surface area contributed by atoms with Crippen molar-refractivity contribution in [1.29, 1.82) is 0 Å². The summed E-state index contributed by atoms with van der Waals surface area (Å²) < 4.78 is 5.15. The standard InChI is InChI=1S/C15H13O/c1-16-15-9-5-8-14(12-15)11-10-13-6-3-2-4-7-13/h2-7,9-12H,1H3. The van der Waals surface area contributed by atoms with Crippen LogP contribution in [0.25, 0.3) is 12.2 Å². The highest BCUT2D eigenvalue weighted by Crippen LogP contribution is 2.14. The molecule has 0 aliphatic rings. The van der Waals surface area contributed by atoms with Crippen molar-refractivity contribution in [3.05, 3.63) is 65.7 Å². The highest BCUT2D eigenvalue weighted by Gasteiger charge is 1.91. The molecular weight excluding hydrogens is 196 g/mol. The Hall–Kier alpha value is -2.02. The second-order valence-electron chi connectivity index (χ2n) is 3.43. The van der Waals surface area contributed by atoms with Crippen LogP contribution in [-0.2, 0) is 0 Å². The predicted octanol–water partition coefficient (Wildman–Crippen LogP) is 3.67. The first-order valence-corrected chi connectivity index (χ1v) is 5.17. The summed E-state index contributed by atoms with van der Waals surface area (Å²) in [7, 11) is 1.67. The third-order valence-electron chi connectivity index (χ3n) is 2.29. The van der Waals surface area contributed by atoms with Gasteiger partial charge in [-0.1, -0.05) is 48.6 Å². The van der Waals surface area contributed by atoms with Crippen molar-refractivity contribution in [1.82, 2.24) is 0 Å². The minimum atomic E-state index is 0.853. The van der Waals surface area contributed by atoms with E-state index in [1.807, 2.05) is 42.5 Å². The predicted molar refractivity (Wildman–Crippen MR) is 67.2 cm³/mol.